The van der Waals surface area contributed by atoms with Crippen molar-refractivity contribution in [2.24, 2.45) is 0 Å². The molecule has 4 heteroatoms. The standard InChI is InChI=1S/C12H24O2.ClH.K/c1-2-3-4-5-6-7-8-9-10-11-12(13)14;;/h2-11H2,1H3,(H,13,14);1H;/q;;+1/p-1. The van der Waals surface area contributed by atoms with E-state index in [1.165, 1.54) is 44.9 Å². The van der Waals surface area contributed by atoms with Crippen LogP contribution in [0, 0.1) is 0 Å². The van der Waals surface area contributed by atoms with Gasteiger partial charge in [-0.05, 0) is 6.42 Å². The minimum Gasteiger partial charge on any atom is -1.00 e. The van der Waals surface area contributed by atoms with Crippen LogP contribution in [0.3, 0.4) is 0 Å². The maximum absolute atomic E-state index is 10.2. The van der Waals surface area contributed by atoms with Gasteiger partial charge in [0.1, 0.15) is 0 Å². The molecule has 0 atom stereocenters. The molecule has 0 bridgehead atoms. The Balaban J connectivity index is -0.000000845. The van der Waals surface area contributed by atoms with Crippen molar-refractivity contribution in [1.29, 1.82) is 0 Å². The molecule has 0 rings (SSSR count). The number of carboxylic acid groups (broad SMARTS) is 1. The van der Waals surface area contributed by atoms with Crippen molar-refractivity contribution in [3.8, 4) is 0 Å². The molecule has 1 N–H and O–H groups in total. The van der Waals surface area contributed by atoms with Gasteiger partial charge < -0.3 is 17.5 Å². The van der Waals surface area contributed by atoms with Crippen molar-refractivity contribution >= 4 is 5.97 Å². The van der Waals surface area contributed by atoms with Crippen LogP contribution < -0.4 is 63.8 Å². The summed E-state index contributed by atoms with van der Waals surface area (Å²) in [6, 6.07) is 0. The van der Waals surface area contributed by atoms with Gasteiger partial charge in [0.15, 0.2) is 0 Å². The van der Waals surface area contributed by atoms with Gasteiger partial charge in [0, 0.05) is 6.42 Å². The van der Waals surface area contributed by atoms with E-state index in [0.717, 1.165) is 12.8 Å². The molecule has 0 saturated heterocycles. The zero-order valence-electron chi connectivity index (χ0n) is 10.8. The summed E-state index contributed by atoms with van der Waals surface area (Å²) in [5.74, 6) is -0.659. The third-order valence-electron chi connectivity index (χ3n) is 2.49. The number of hydrogen-bond donors (Lipinski definition) is 1. The van der Waals surface area contributed by atoms with Crippen LogP contribution in [-0.4, -0.2) is 11.1 Å². The first-order valence-electron chi connectivity index (χ1n) is 5.99. The van der Waals surface area contributed by atoms with Crippen molar-refractivity contribution in [3.63, 3.8) is 0 Å². The van der Waals surface area contributed by atoms with Gasteiger partial charge in [0.25, 0.3) is 0 Å². The predicted octanol–water partition coefficient (Wildman–Crippen LogP) is -2.00. The Bertz CT molecular complexity index is 143. The summed E-state index contributed by atoms with van der Waals surface area (Å²) in [6.45, 7) is 2.23. The van der Waals surface area contributed by atoms with Crippen LogP contribution in [0.15, 0.2) is 0 Å². The number of carboxylic acids is 1. The molecular weight excluding hydrogens is 251 g/mol. The minimum absolute atomic E-state index is 0. The molecule has 0 heterocycles. The minimum atomic E-state index is -0.659. The maximum atomic E-state index is 10.2. The van der Waals surface area contributed by atoms with Gasteiger partial charge >= 0.3 is 57.4 Å². The molecule has 0 aliphatic carbocycles. The molecule has 0 aromatic rings. The third kappa shape index (κ3) is 20.8. The molecular formula is C12H24ClKO2. The fraction of sp³-hybridized carbons (Fsp3) is 0.917. The molecule has 16 heavy (non-hydrogen) atoms. The first-order chi connectivity index (χ1) is 6.77. The van der Waals surface area contributed by atoms with E-state index in [4.69, 9.17) is 5.11 Å². The van der Waals surface area contributed by atoms with Gasteiger partial charge in [0.05, 0.1) is 0 Å². The Labute approximate surface area is 149 Å². The molecule has 92 valence electrons. The molecule has 0 aromatic carbocycles. The van der Waals surface area contributed by atoms with Crippen LogP contribution in [0.1, 0.15) is 71.1 Å². The van der Waals surface area contributed by atoms with E-state index >= 15 is 0 Å². The van der Waals surface area contributed by atoms with Gasteiger partial charge in [-0.1, -0.05) is 58.3 Å². The van der Waals surface area contributed by atoms with Gasteiger partial charge in [0.2, 0.25) is 0 Å². The number of aliphatic carboxylic acids is 1. The Morgan fingerprint density at radius 3 is 1.62 bits per heavy atom. The monoisotopic (exact) mass is 274 g/mol. The van der Waals surface area contributed by atoms with Gasteiger partial charge in [-0.3, -0.25) is 4.79 Å². The van der Waals surface area contributed by atoms with Crippen molar-refractivity contribution in [2.45, 2.75) is 71.1 Å². The smallest absolute Gasteiger partial charge is 1.00 e. The second-order valence-corrected chi connectivity index (χ2v) is 3.97. The van der Waals surface area contributed by atoms with E-state index in [-0.39, 0.29) is 63.8 Å². The Kier molecular flexibility index (Phi) is 26.4. The van der Waals surface area contributed by atoms with E-state index in [0.29, 0.717) is 6.42 Å². The van der Waals surface area contributed by atoms with Crippen LogP contribution in [-0.2, 0) is 4.79 Å². The van der Waals surface area contributed by atoms with Crippen LogP contribution in [0.2, 0.25) is 0 Å². The summed E-state index contributed by atoms with van der Waals surface area (Å²) in [6.07, 6.45) is 11.5. The number of halogens is 1. The van der Waals surface area contributed by atoms with Crippen molar-refractivity contribution in [3.05, 3.63) is 0 Å². The Morgan fingerprint density at radius 2 is 1.25 bits per heavy atom. The van der Waals surface area contributed by atoms with Crippen LogP contribution in [0.25, 0.3) is 0 Å². The zero-order valence-corrected chi connectivity index (χ0v) is 14.7. The maximum Gasteiger partial charge on any atom is 1.00 e. The van der Waals surface area contributed by atoms with E-state index in [1.807, 2.05) is 0 Å². The normalized spacial score (nSPS) is 9.06. The SMILES string of the molecule is CCCCCCCCCCCC(=O)O.[Cl-].[K+]. The van der Waals surface area contributed by atoms with E-state index in [9.17, 15) is 4.79 Å². The largest absolute Gasteiger partial charge is 1.00 e. The summed E-state index contributed by atoms with van der Waals surface area (Å²) in [5, 5.41) is 8.41. The summed E-state index contributed by atoms with van der Waals surface area (Å²) in [7, 11) is 0. The molecule has 0 aromatic heterocycles. The Hall–Kier alpha value is 1.40. The average molecular weight is 275 g/mol. The number of carbonyl (C=O) groups is 1. The second kappa shape index (κ2) is 18.8. The summed E-state index contributed by atoms with van der Waals surface area (Å²) in [5.41, 5.74) is 0. The fourth-order valence-electron chi connectivity index (χ4n) is 1.59. The number of rotatable bonds is 10. The quantitative estimate of drug-likeness (QED) is 0.370. The molecule has 2 nitrogen and oxygen atoms in total. The van der Waals surface area contributed by atoms with E-state index < -0.39 is 5.97 Å². The van der Waals surface area contributed by atoms with Crippen LogP contribution in [0.4, 0.5) is 0 Å². The molecule has 0 fully saturated rings. The summed E-state index contributed by atoms with van der Waals surface area (Å²) in [4.78, 5) is 10.2. The molecule has 0 aliphatic heterocycles. The van der Waals surface area contributed by atoms with Crippen molar-refractivity contribution in [1.82, 2.24) is 0 Å². The van der Waals surface area contributed by atoms with Gasteiger partial charge in [-0.25, -0.2) is 0 Å². The summed E-state index contributed by atoms with van der Waals surface area (Å²) < 4.78 is 0. The molecule has 0 amide bonds. The number of unbranched alkanes of at least 4 members (excludes halogenated alkanes) is 8. The van der Waals surface area contributed by atoms with Crippen molar-refractivity contribution < 1.29 is 73.7 Å². The average Bonchev–Trinajstić information content (AvgIpc) is 2.15. The fourth-order valence-corrected chi connectivity index (χ4v) is 1.59. The first kappa shape index (κ1) is 22.6. The van der Waals surface area contributed by atoms with Crippen LogP contribution in [0.5, 0.6) is 0 Å². The molecule has 0 radical (unpaired) electrons. The van der Waals surface area contributed by atoms with Gasteiger partial charge in [-0.2, -0.15) is 0 Å². The topological polar surface area (TPSA) is 37.3 Å². The van der Waals surface area contributed by atoms with Crippen molar-refractivity contribution in [2.75, 3.05) is 0 Å². The third-order valence-corrected chi connectivity index (χ3v) is 2.49. The predicted molar refractivity (Wildman–Crippen MR) is 59.5 cm³/mol. The summed E-state index contributed by atoms with van der Waals surface area (Å²) >= 11 is 0. The van der Waals surface area contributed by atoms with E-state index in [2.05, 4.69) is 6.92 Å². The van der Waals surface area contributed by atoms with Gasteiger partial charge in [-0.15, -0.1) is 0 Å². The Morgan fingerprint density at radius 1 is 0.875 bits per heavy atom. The second-order valence-electron chi connectivity index (χ2n) is 3.97. The molecule has 0 aliphatic rings. The first-order valence-corrected chi connectivity index (χ1v) is 5.99. The van der Waals surface area contributed by atoms with Crippen LogP contribution >= 0.6 is 0 Å². The molecule has 0 saturated carbocycles. The van der Waals surface area contributed by atoms with E-state index in [1.54, 1.807) is 0 Å². The molecule has 0 spiro atoms. The number of hydrogen-bond acceptors (Lipinski definition) is 1. The molecule has 0 unspecified atom stereocenters. The zero-order chi connectivity index (χ0) is 10.6.